The molecule has 1 saturated carbocycles. The van der Waals surface area contributed by atoms with Gasteiger partial charge in [-0.25, -0.2) is 14.3 Å². The molecule has 196 valence electrons. The Labute approximate surface area is 219 Å². The van der Waals surface area contributed by atoms with Crippen LogP contribution in [-0.4, -0.2) is 42.6 Å². The van der Waals surface area contributed by atoms with Crippen LogP contribution in [0.3, 0.4) is 0 Å². The first kappa shape index (κ1) is 24.4. The number of alkyl halides is 3. The van der Waals surface area contributed by atoms with Crippen molar-refractivity contribution in [3.05, 3.63) is 71.3 Å². The zero-order valence-corrected chi connectivity index (χ0v) is 20.3. The summed E-state index contributed by atoms with van der Waals surface area (Å²) >= 11 is 0. The van der Waals surface area contributed by atoms with Gasteiger partial charge in [0.2, 0.25) is 5.95 Å². The number of nitriles is 1. The lowest BCUT2D eigenvalue weighted by Gasteiger charge is -2.19. The summed E-state index contributed by atoms with van der Waals surface area (Å²) in [6.45, 7) is 0.352. The first-order chi connectivity index (χ1) is 18.8. The fourth-order valence-electron chi connectivity index (χ4n) is 5.06. The van der Waals surface area contributed by atoms with Gasteiger partial charge in [0.05, 0.1) is 29.6 Å². The molecule has 1 aliphatic carbocycles. The van der Waals surface area contributed by atoms with Gasteiger partial charge in [-0.15, -0.1) is 5.10 Å². The van der Waals surface area contributed by atoms with E-state index in [1.807, 2.05) is 18.1 Å². The second-order valence-electron chi connectivity index (χ2n) is 9.41. The molecule has 0 spiro atoms. The minimum atomic E-state index is -4.44. The van der Waals surface area contributed by atoms with Crippen LogP contribution in [0.5, 0.6) is 0 Å². The molecule has 39 heavy (non-hydrogen) atoms. The highest BCUT2D eigenvalue weighted by molar-refractivity contribution is 5.99. The molecular formula is C26H20F3N9O. The van der Waals surface area contributed by atoms with Crippen molar-refractivity contribution in [2.45, 2.75) is 44.1 Å². The van der Waals surface area contributed by atoms with Crippen molar-refractivity contribution in [3.63, 3.8) is 0 Å². The van der Waals surface area contributed by atoms with Crippen LogP contribution in [0, 0.1) is 11.3 Å². The largest absolute Gasteiger partial charge is 0.416 e. The van der Waals surface area contributed by atoms with Crippen LogP contribution in [0.4, 0.5) is 30.6 Å². The normalized spacial score (nSPS) is 18.6. The summed E-state index contributed by atoms with van der Waals surface area (Å²) in [4.78, 5) is 26.2. The summed E-state index contributed by atoms with van der Waals surface area (Å²) in [7, 11) is 0. The van der Waals surface area contributed by atoms with Crippen molar-refractivity contribution in [3.8, 4) is 6.07 Å². The van der Waals surface area contributed by atoms with E-state index in [2.05, 4.69) is 36.8 Å². The van der Waals surface area contributed by atoms with E-state index in [0.717, 1.165) is 37.0 Å². The first-order valence-corrected chi connectivity index (χ1v) is 12.1. The van der Waals surface area contributed by atoms with E-state index in [4.69, 9.17) is 0 Å². The lowest BCUT2D eigenvalue weighted by Crippen LogP contribution is -2.21. The molecule has 0 unspecified atom stereocenters. The Morgan fingerprint density at radius 1 is 1.08 bits per heavy atom. The summed E-state index contributed by atoms with van der Waals surface area (Å²) in [5, 5.41) is 20.2. The van der Waals surface area contributed by atoms with Gasteiger partial charge in [-0.05, 0) is 43.5 Å². The van der Waals surface area contributed by atoms with Crippen LogP contribution in [0.25, 0.3) is 11.3 Å². The van der Waals surface area contributed by atoms with E-state index in [1.54, 1.807) is 17.3 Å². The van der Waals surface area contributed by atoms with Gasteiger partial charge >= 0.3 is 6.18 Å². The number of fused-ring (bicyclic) bond motifs is 2. The summed E-state index contributed by atoms with van der Waals surface area (Å²) in [6, 6.07) is 7.90. The topological polar surface area (TPSA) is 124 Å². The van der Waals surface area contributed by atoms with Crippen molar-refractivity contribution in [2.24, 2.45) is 0 Å². The van der Waals surface area contributed by atoms with Crippen molar-refractivity contribution in [2.75, 3.05) is 15.5 Å². The van der Waals surface area contributed by atoms with E-state index in [9.17, 15) is 23.2 Å². The maximum Gasteiger partial charge on any atom is 0.416 e. The molecule has 0 amide bonds. The molecule has 2 N–H and O–H groups in total. The highest BCUT2D eigenvalue weighted by Crippen LogP contribution is 2.36. The van der Waals surface area contributed by atoms with Gasteiger partial charge in [0, 0.05) is 41.8 Å². The Kier molecular flexibility index (Phi) is 5.89. The Morgan fingerprint density at radius 2 is 1.90 bits per heavy atom. The molecule has 4 aromatic rings. The number of hydrogen-bond donors (Lipinski definition) is 2. The molecule has 4 aromatic heterocycles. The molecule has 1 fully saturated rings. The highest BCUT2D eigenvalue weighted by atomic mass is 19.4. The van der Waals surface area contributed by atoms with Crippen LogP contribution in [0.2, 0.25) is 0 Å². The molecule has 10 nitrogen and oxygen atoms in total. The van der Waals surface area contributed by atoms with Crippen molar-refractivity contribution in [1.29, 1.82) is 5.26 Å². The van der Waals surface area contributed by atoms with Crippen LogP contribution >= 0.6 is 0 Å². The number of nitrogens with one attached hydrogen (secondary N) is 2. The summed E-state index contributed by atoms with van der Waals surface area (Å²) in [5.41, 5.74) is 2.11. The summed E-state index contributed by atoms with van der Waals surface area (Å²) < 4.78 is 40.2. The third-order valence-electron chi connectivity index (χ3n) is 6.96. The SMILES string of the molecule is N#Cc1cncc2c1CN(c1ccc(N[C@H]3CC[C@H](Nc4nc5cc(C(F)(F)F)ccn5n4)C3)nc1)C2=C=O. The van der Waals surface area contributed by atoms with E-state index in [1.165, 1.54) is 16.9 Å². The quantitative estimate of drug-likeness (QED) is 0.367. The predicted octanol–water partition coefficient (Wildman–Crippen LogP) is 4.05. The maximum absolute atomic E-state index is 13.0. The number of pyridine rings is 3. The van der Waals surface area contributed by atoms with Crippen LogP contribution in [0.1, 0.15) is 41.5 Å². The molecule has 2 aliphatic rings. The van der Waals surface area contributed by atoms with Crippen molar-refractivity contribution < 1.29 is 18.0 Å². The first-order valence-electron chi connectivity index (χ1n) is 12.1. The number of nitrogens with zero attached hydrogens (tertiary/aromatic N) is 7. The van der Waals surface area contributed by atoms with Crippen LogP contribution < -0.4 is 15.5 Å². The monoisotopic (exact) mass is 531 g/mol. The molecule has 0 bridgehead atoms. The molecule has 1 aliphatic heterocycles. The fourth-order valence-corrected chi connectivity index (χ4v) is 5.06. The predicted molar refractivity (Wildman–Crippen MR) is 135 cm³/mol. The van der Waals surface area contributed by atoms with E-state index in [0.29, 0.717) is 34.9 Å². The van der Waals surface area contributed by atoms with E-state index in [-0.39, 0.29) is 23.7 Å². The van der Waals surface area contributed by atoms with Gasteiger partial charge in [-0.3, -0.25) is 4.98 Å². The number of anilines is 3. The van der Waals surface area contributed by atoms with Crippen LogP contribution in [-0.2, 0) is 17.5 Å². The van der Waals surface area contributed by atoms with Crippen LogP contribution in [0.15, 0.2) is 49.1 Å². The van der Waals surface area contributed by atoms with Gasteiger partial charge in [0.1, 0.15) is 17.6 Å². The minimum Gasteiger partial charge on any atom is -0.367 e. The highest BCUT2D eigenvalue weighted by Gasteiger charge is 2.32. The Bertz CT molecular complexity index is 1650. The second-order valence-corrected chi connectivity index (χ2v) is 9.41. The average Bonchev–Trinajstić information content (AvgIpc) is 3.64. The van der Waals surface area contributed by atoms with Crippen molar-refractivity contribution in [1.82, 2.24) is 24.6 Å². The number of rotatable bonds is 5. The van der Waals surface area contributed by atoms with E-state index < -0.39 is 11.7 Å². The van der Waals surface area contributed by atoms with Gasteiger partial charge in [-0.2, -0.15) is 23.4 Å². The lowest BCUT2D eigenvalue weighted by molar-refractivity contribution is -0.137. The van der Waals surface area contributed by atoms with Gasteiger partial charge in [0.15, 0.2) is 11.6 Å². The Morgan fingerprint density at radius 3 is 2.62 bits per heavy atom. The standard InChI is InChI=1S/C26H20F3N9O/c27-26(28,29)16-5-6-38-24(7-16)35-25(36-38)34-18-2-1-17(8-18)33-23-4-3-19(11-32-23)37-13-21-15(9-30)10-31-12-20(21)22(37)14-39/h3-7,10-12,17-18H,1-2,8,13H2,(H,32,33)(H,34,36)/t17-,18-/m0/s1. The van der Waals surface area contributed by atoms with Gasteiger partial charge < -0.3 is 15.5 Å². The molecule has 0 radical (unpaired) electrons. The third-order valence-corrected chi connectivity index (χ3v) is 6.96. The van der Waals surface area contributed by atoms with Gasteiger partial charge in [0.25, 0.3) is 0 Å². The third kappa shape index (κ3) is 4.62. The molecule has 0 aromatic carbocycles. The number of halogens is 3. The minimum absolute atomic E-state index is 0.0487. The summed E-state index contributed by atoms with van der Waals surface area (Å²) in [6.07, 6.45) is 3.94. The second kappa shape index (κ2) is 9.41. The smallest absolute Gasteiger partial charge is 0.367 e. The Balaban J connectivity index is 1.09. The van der Waals surface area contributed by atoms with E-state index >= 15 is 0 Å². The Hall–Kier alpha value is -4.95. The molecule has 6 rings (SSSR count). The number of hydrogen-bond acceptors (Lipinski definition) is 9. The molecule has 0 saturated heterocycles. The summed E-state index contributed by atoms with van der Waals surface area (Å²) in [5.74, 6) is 2.92. The maximum atomic E-state index is 13.0. The zero-order chi connectivity index (χ0) is 27.1. The van der Waals surface area contributed by atoms with Gasteiger partial charge in [-0.1, -0.05) is 0 Å². The molecule has 5 heterocycles. The zero-order valence-electron chi connectivity index (χ0n) is 20.3. The van der Waals surface area contributed by atoms with Crippen molar-refractivity contribution >= 4 is 34.7 Å². The lowest BCUT2D eigenvalue weighted by atomic mass is 10.1. The fraction of sp³-hybridized carbons (Fsp3) is 0.269. The average molecular weight is 532 g/mol. The number of aromatic nitrogens is 5. The number of carbonyl (C=O) groups excluding carboxylic acids is 1. The molecular weight excluding hydrogens is 511 g/mol. The molecule has 2 atom stereocenters. The molecule has 13 heteroatoms.